The van der Waals surface area contributed by atoms with Crippen molar-refractivity contribution in [2.45, 2.75) is 37.8 Å². The summed E-state index contributed by atoms with van der Waals surface area (Å²) >= 11 is 1.52. The molecule has 0 radical (unpaired) electrons. The van der Waals surface area contributed by atoms with E-state index in [1.807, 2.05) is 38.1 Å². The number of rotatable bonds is 6. The molecule has 1 fully saturated rings. The van der Waals surface area contributed by atoms with Crippen LogP contribution in [0.3, 0.4) is 0 Å². The number of nitrogens with one attached hydrogen (secondary N) is 3. The maximum absolute atomic E-state index is 12.2. The maximum atomic E-state index is 12.2. The van der Waals surface area contributed by atoms with Gasteiger partial charge in [-0.15, -0.1) is 0 Å². The smallest absolute Gasteiger partial charge is 0.226 e. The van der Waals surface area contributed by atoms with Crippen LogP contribution in [0.4, 0.5) is 5.95 Å². The fourth-order valence-corrected chi connectivity index (χ4v) is 4.12. The number of hydrogen-bond donors (Lipinski definition) is 3. The van der Waals surface area contributed by atoms with Gasteiger partial charge in [0.2, 0.25) is 11.9 Å². The third-order valence-electron chi connectivity index (χ3n) is 4.69. The Morgan fingerprint density at radius 3 is 2.90 bits per heavy atom. The van der Waals surface area contributed by atoms with Crippen LogP contribution in [0.2, 0.25) is 0 Å². The molecule has 3 aromatic rings. The van der Waals surface area contributed by atoms with E-state index in [-0.39, 0.29) is 11.9 Å². The number of fused-ring (bicyclic) bond motifs is 1. The number of anilines is 1. The van der Waals surface area contributed by atoms with Crippen LogP contribution in [-0.2, 0) is 4.79 Å². The molecule has 30 heavy (non-hydrogen) atoms. The number of benzene rings is 1. The lowest BCUT2D eigenvalue weighted by Gasteiger charge is -2.31. The molecule has 156 valence electrons. The minimum atomic E-state index is -0.467. The van der Waals surface area contributed by atoms with Crippen molar-refractivity contribution in [3.8, 4) is 5.75 Å². The van der Waals surface area contributed by atoms with Crippen LogP contribution in [0.5, 0.6) is 5.75 Å². The third-order valence-corrected chi connectivity index (χ3v) is 5.72. The van der Waals surface area contributed by atoms with Crippen LogP contribution >= 0.6 is 11.8 Å². The molecule has 0 spiro atoms. The minimum absolute atomic E-state index is 0.0313. The van der Waals surface area contributed by atoms with Gasteiger partial charge in [-0.1, -0.05) is 11.8 Å². The summed E-state index contributed by atoms with van der Waals surface area (Å²) in [5, 5.41) is 11.1. The lowest BCUT2D eigenvalue weighted by Crippen LogP contribution is -2.60. The normalized spacial score (nSPS) is 18.8. The van der Waals surface area contributed by atoms with Crippen molar-refractivity contribution < 1.29 is 9.53 Å². The van der Waals surface area contributed by atoms with E-state index < -0.39 is 6.29 Å². The predicted octanol–water partition coefficient (Wildman–Crippen LogP) is 2.01. The monoisotopic (exact) mass is 425 g/mol. The van der Waals surface area contributed by atoms with Gasteiger partial charge in [0.05, 0.1) is 18.3 Å². The Kier molecular flexibility index (Phi) is 5.96. The quantitative estimate of drug-likeness (QED) is 0.403. The van der Waals surface area contributed by atoms with E-state index in [1.54, 1.807) is 13.3 Å². The van der Waals surface area contributed by atoms with Crippen molar-refractivity contribution in [3.05, 3.63) is 41.9 Å². The molecule has 3 N–H and O–H groups in total. The fraction of sp³-hybridized carbons (Fsp3) is 0.350. The topological polar surface area (TPSA) is 114 Å². The average molecular weight is 426 g/mol. The second-order valence-corrected chi connectivity index (χ2v) is 8.01. The number of carbonyl (C=O) groups excluding carboxylic acids is 1. The Hall–Kier alpha value is -2.98. The van der Waals surface area contributed by atoms with Crippen LogP contribution in [0.15, 0.2) is 35.6 Å². The van der Waals surface area contributed by atoms with Crippen molar-refractivity contribution in [2.75, 3.05) is 18.2 Å². The van der Waals surface area contributed by atoms with E-state index in [4.69, 9.17) is 4.74 Å². The predicted molar refractivity (Wildman–Crippen MR) is 115 cm³/mol. The van der Waals surface area contributed by atoms with Gasteiger partial charge in [0.15, 0.2) is 11.4 Å². The molecule has 1 aliphatic rings. The first-order valence-corrected chi connectivity index (χ1v) is 10.6. The number of carbonyl (C=O) groups is 1. The molecule has 1 aliphatic heterocycles. The number of nitrogens with zero attached hydrogens (tertiary/aromatic N) is 4. The second-order valence-electron chi connectivity index (χ2n) is 7.02. The summed E-state index contributed by atoms with van der Waals surface area (Å²) in [6.45, 7) is 3.85. The zero-order valence-corrected chi connectivity index (χ0v) is 17.8. The molecule has 1 saturated heterocycles. The van der Waals surface area contributed by atoms with E-state index in [9.17, 15) is 4.79 Å². The van der Waals surface area contributed by atoms with Crippen LogP contribution in [0.25, 0.3) is 10.9 Å². The Labute approximate surface area is 178 Å². The first kappa shape index (κ1) is 20.3. The van der Waals surface area contributed by atoms with Crippen LogP contribution in [-0.4, -0.2) is 51.0 Å². The molecule has 0 aliphatic carbocycles. The van der Waals surface area contributed by atoms with Crippen molar-refractivity contribution in [1.82, 2.24) is 30.6 Å². The molecule has 2 aromatic heterocycles. The second kappa shape index (κ2) is 8.80. The van der Waals surface area contributed by atoms with E-state index >= 15 is 0 Å². The molecule has 0 saturated carbocycles. The summed E-state index contributed by atoms with van der Waals surface area (Å²) in [5.41, 5.74) is 2.55. The number of hydrogen-bond acceptors (Lipinski definition) is 9. The zero-order chi connectivity index (χ0) is 21.1. The molecule has 1 aromatic carbocycles. The highest BCUT2D eigenvalue weighted by molar-refractivity contribution is 7.99. The van der Waals surface area contributed by atoms with Gasteiger partial charge in [0, 0.05) is 35.5 Å². The molecule has 2 unspecified atom stereocenters. The van der Waals surface area contributed by atoms with E-state index in [1.165, 1.54) is 11.8 Å². The number of aromatic nitrogens is 4. The zero-order valence-electron chi connectivity index (χ0n) is 17.0. The van der Waals surface area contributed by atoms with Crippen molar-refractivity contribution in [1.29, 1.82) is 0 Å². The molecule has 9 nitrogen and oxygen atoms in total. The SMILES string of the molecule is COc1ccc2nc(NC3NC(=O)CC(CSc4nccc(C)n4)N3)nc(C)c2c1. The molecule has 1 amide bonds. The number of ether oxygens (including phenoxy) is 1. The molecular weight excluding hydrogens is 402 g/mol. The van der Waals surface area contributed by atoms with Gasteiger partial charge in [-0.05, 0) is 38.1 Å². The summed E-state index contributed by atoms with van der Waals surface area (Å²) in [5.74, 6) is 1.84. The lowest BCUT2D eigenvalue weighted by molar-refractivity contribution is -0.123. The largest absolute Gasteiger partial charge is 0.497 e. The van der Waals surface area contributed by atoms with E-state index in [0.29, 0.717) is 23.3 Å². The number of methoxy groups -OCH3 is 1. The lowest BCUT2D eigenvalue weighted by atomic mass is 10.2. The molecule has 2 atom stereocenters. The number of thioether (sulfide) groups is 1. The van der Waals surface area contributed by atoms with Crippen LogP contribution < -0.4 is 20.7 Å². The highest BCUT2D eigenvalue weighted by Gasteiger charge is 2.26. The average Bonchev–Trinajstić information content (AvgIpc) is 2.72. The van der Waals surface area contributed by atoms with Crippen LogP contribution in [0, 0.1) is 13.8 Å². The van der Waals surface area contributed by atoms with Crippen molar-refractivity contribution in [2.24, 2.45) is 0 Å². The minimum Gasteiger partial charge on any atom is -0.497 e. The van der Waals surface area contributed by atoms with Gasteiger partial charge < -0.3 is 15.4 Å². The van der Waals surface area contributed by atoms with Crippen LogP contribution in [0.1, 0.15) is 17.8 Å². The van der Waals surface area contributed by atoms with Crippen molar-refractivity contribution in [3.63, 3.8) is 0 Å². The highest BCUT2D eigenvalue weighted by atomic mass is 32.2. The summed E-state index contributed by atoms with van der Waals surface area (Å²) in [7, 11) is 1.63. The molecule has 0 bridgehead atoms. The molecule has 3 heterocycles. The number of amides is 1. The fourth-order valence-electron chi connectivity index (χ4n) is 3.22. The molecule has 10 heteroatoms. The van der Waals surface area contributed by atoms with Crippen molar-refractivity contribution >= 4 is 34.5 Å². The summed E-state index contributed by atoms with van der Waals surface area (Å²) < 4.78 is 5.27. The van der Waals surface area contributed by atoms with E-state index in [0.717, 1.165) is 28.0 Å². The van der Waals surface area contributed by atoms with Gasteiger partial charge >= 0.3 is 0 Å². The Morgan fingerprint density at radius 2 is 2.10 bits per heavy atom. The van der Waals surface area contributed by atoms with Gasteiger partial charge in [-0.3, -0.25) is 10.1 Å². The Bertz CT molecular complexity index is 1080. The first-order valence-electron chi connectivity index (χ1n) is 9.57. The molecular formula is C20H23N7O2S. The third kappa shape index (κ3) is 4.77. The summed E-state index contributed by atoms with van der Waals surface area (Å²) in [4.78, 5) is 30.0. The molecule has 4 rings (SSSR count). The van der Waals surface area contributed by atoms with Gasteiger partial charge in [0.1, 0.15) is 5.75 Å². The summed E-state index contributed by atoms with van der Waals surface area (Å²) in [6.07, 6.45) is 1.66. The van der Waals surface area contributed by atoms with Gasteiger partial charge in [-0.2, -0.15) is 0 Å². The van der Waals surface area contributed by atoms with Gasteiger partial charge in [0.25, 0.3) is 0 Å². The van der Waals surface area contributed by atoms with E-state index in [2.05, 4.69) is 35.9 Å². The Balaban J connectivity index is 1.44. The summed E-state index contributed by atoms with van der Waals surface area (Å²) in [6, 6.07) is 7.49. The number of aryl methyl sites for hydroxylation is 2. The standard InChI is InChI=1S/C20H23N7O2S/c1-11-6-7-21-20(22-11)30-10-13-8-17(28)26-19(24-13)27-18-23-12(2)15-9-14(29-3)4-5-16(15)25-18/h4-7,9,13,19,24H,8,10H2,1-3H3,(H,26,28)(H,23,25,27). The Morgan fingerprint density at radius 1 is 1.23 bits per heavy atom. The maximum Gasteiger partial charge on any atom is 0.226 e. The van der Waals surface area contributed by atoms with Gasteiger partial charge in [-0.25, -0.2) is 19.9 Å². The highest BCUT2D eigenvalue weighted by Crippen LogP contribution is 2.23. The first-order chi connectivity index (χ1) is 14.5.